The molecule has 8 nitrogen and oxygen atoms in total. The van der Waals surface area contributed by atoms with Crippen molar-refractivity contribution in [2.24, 2.45) is 11.5 Å². The maximum Gasteiger partial charge on any atom is 0.119 e. The van der Waals surface area contributed by atoms with Crippen LogP contribution in [-0.2, 0) is 0 Å². The molecule has 0 aliphatic carbocycles. The van der Waals surface area contributed by atoms with Crippen LogP contribution in [0.15, 0.2) is 24.3 Å². The summed E-state index contributed by atoms with van der Waals surface area (Å²) < 4.78 is 5.87. The third kappa shape index (κ3) is 6.97. The van der Waals surface area contributed by atoms with Gasteiger partial charge in [0.05, 0.1) is 19.4 Å². The van der Waals surface area contributed by atoms with Gasteiger partial charge in [-0.1, -0.05) is 26.0 Å². The molecule has 2 atom stereocenters. The number of nitrogens with zero attached hydrogens (tertiary/aromatic N) is 3. The first kappa shape index (κ1) is 23.0. The summed E-state index contributed by atoms with van der Waals surface area (Å²) in [6, 6.07) is 8.40. The van der Waals surface area contributed by atoms with Crippen molar-refractivity contribution in [1.29, 1.82) is 0 Å². The van der Waals surface area contributed by atoms with Gasteiger partial charge in [-0.3, -0.25) is 10.2 Å². The van der Waals surface area contributed by atoms with Crippen molar-refractivity contribution in [3.8, 4) is 5.75 Å². The Morgan fingerprint density at radius 1 is 1.21 bits per heavy atom. The highest BCUT2D eigenvalue weighted by Crippen LogP contribution is 2.17. The number of ether oxygens (including phenoxy) is 1. The lowest BCUT2D eigenvalue weighted by molar-refractivity contribution is 0.0357. The molecule has 0 saturated carbocycles. The van der Waals surface area contributed by atoms with Crippen molar-refractivity contribution in [2.75, 3.05) is 59.7 Å². The van der Waals surface area contributed by atoms with E-state index in [1.54, 1.807) is 0 Å². The SMILES string of the molecule is CCN(CCCOc1ccc(C(N)NC2CN(CC)N(CN)C2)cc1)CNC. The summed E-state index contributed by atoms with van der Waals surface area (Å²) >= 11 is 0. The molecule has 0 amide bonds. The Labute approximate surface area is 170 Å². The van der Waals surface area contributed by atoms with E-state index in [1.165, 1.54) is 0 Å². The second kappa shape index (κ2) is 12.3. The minimum atomic E-state index is -0.199. The molecule has 1 fully saturated rings. The minimum absolute atomic E-state index is 0.199. The Hall–Kier alpha value is -1.26. The molecule has 28 heavy (non-hydrogen) atoms. The van der Waals surface area contributed by atoms with E-state index in [0.717, 1.165) is 57.1 Å². The van der Waals surface area contributed by atoms with Crippen LogP contribution in [0.2, 0.25) is 0 Å². The number of likely N-dealkylation sites (N-methyl/N-ethyl adjacent to an activating group) is 1. The lowest BCUT2D eigenvalue weighted by Crippen LogP contribution is -2.41. The molecule has 6 N–H and O–H groups in total. The van der Waals surface area contributed by atoms with Crippen molar-refractivity contribution < 1.29 is 4.74 Å². The Balaban J connectivity index is 1.74. The van der Waals surface area contributed by atoms with Crippen LogP contribution < -0.4 is 26.8 Å². The average molecular weight is 394 g/mol. The highest BCUT2D eigenvalue weighted by Gasteiger charge is 2.29. The number of hydrazine groups is 1. The predicted octanol–water partition coefficient (Wildman–Crippen LogP) is 0.339. The van der Waals surface area contributed by atoms with Gasteiger partial charge in [0, 0.05) is 38.9 Å². The van der Waals surface area contributed by atoms with E-state index in [9.17, 15) is 0 Å². The Kier molecular flexibility index (Phi) is 10.1. The van der Waals surface area contributed by atoms with Crippen LogP contribution in [0.25, 0.3) is 0 Å². The van der Waals surface area contributed by atoms with Gasteiger partial charge in [-0.05, 0) is 37.7 Å². The van der Waals surface area contributed by atoms with Crippen molar-refractivity contribution in [3.63, 3.8) is 0 Å². The second-order valence-electron chi connectivity index (χ2n) is 7.21. The number of nitrogens with two attached hydrogens (primary N) is 2. The van der Waals surface area contributed by atoms with E-state index in [-0.39, 0.29) is 6.17 Å². The van der Waals surface area contributed by atoms with Crippen molar-refractivity contribution in [3.05, 3.63) is 29.8 Å². The first-order valence-electron chi connectivity index (χ1n) is 10.4. The van der Waals surface area contributed by atoms with Gasteiger partial charge >= 0.3 is 0 Å². The Morgan fingerprint density at radius 3 is 2.50 bits per heavy atom. The van der Waals surface area contributed by atoms with E-state index in [2.05, 4.69) is 39.4 Å². The highest BCUT2D eigenvalue weighted by molar-refractivity contribution is 5.28. The Bertz CT molecular complexity index is 530. The maximum atomic E-state index is 6.37. The quantitative estimate of drug-likeness (QED) is 0.282. The Morgan fingerprint density at radius 2 is 1.93 bits per heavy atom. The summed E-state index contributed by atoms with van der Waals surface area (Å²) in [5, 5.41) is 11.1. The maximum absolute atomic E-state index is 6.37. The standard InChI is InChI=1S/C20H39N7O/c1-4-25(16-23-3)11-6-12-28-19-9-7-17(8-10-19)20(22)24-18-13-26(5-2)27(14-18)15-21/h7-10,18,20,23-24H,4-6,11-16,21-22H2,1-3H3. The number of benzene rings is 1. The first-order chi connectivity index (χ1) is 13.6. The molecule has 0 bridgehead atoms. The summed E-state index contributed by atoms with van der Waals surface area (Å²) in [6.07, 6.45) is 0.807. The fourth-order valence-corrected chi connectivity index (χ4v) is 3.59. The van der Waals surface area contributed by atoms with E-state index >= 15 is 0 Å². The van der Waals surface area contributed by atoms with Gasteiger partial charge in [-0.2, -0.15) is 0 Å². The molecule has 1 aliphatic heterocycles. The molecule has 1 aromatic rings. The van der Waals surface area contributed by atoms with Crippen LogP contribution in [-0.4, -0.2) is 80.7 Å². The molecule has 1 aliphatic rings. The molecule has 0 aromatic heterocycles. The molecule has 160 valence electrons. The zero-order valence-electron chi connectivity index (χ0n) is 17.7. The molecule has 0 spiro atoms. The summed E-state index contributed by atoms with van der Waals surface area (Å²) in [7, 11) is 1.97. The monoisotopic (exact) mass is 393 g/mol. The van der Waals surface area contributed by atoms with Crippen molar-refractivity contribution in [1.82, 2.24) is 25.6 Å². The normalized spacial score (nSPS) is 19.4. The van der Waals surface area contributed by atoms with Gasteiger partial charge < -0.3 is 21.5 Å². The molecule has 2 unspecified atom stereocenters. The number of hydrogen-bond acceptors (Lipinski definition) is 8. The molecule has 1 aromatic carbocycles. The van der Waals surface area contributed by atoms with Crippen LogP contribution in [0.4, 0.5) is 0 Å². The van der Waals surface area contributed by atoms with Crippen LogP contribution >= 0.6 is 0 Å². The van der Waals surface area contributed by atoms with Crippen LogP contribution in [0.3, 0.4) is 0 Å². The third-order valence-electron chi connectivity index (χ3n) is 5.21. The summed E-state index contributed by atoms with van der Waals surface area (Å²) in [6.45, 7) is 11.3. The highest BCUT2D eigenvalue weighted by atomic mass is 16.5. The van der Waals surface area contributed by atoms with Gasteiger partial charge in [-0.15, -0.1) is 0 Å². The number of rotatable bonds is 13. The van der Waals surface area contributed by atoms with E-state index in [0.29, 0.717) is 19.3 Å². The summed E-state index contributed by atoms with van der Waals surface area (Å²) in [4.78, 5) is 2.35. The molecule has 1 saturated heterocycles. The zero-order chi connectivity index (χ0) is 20.4. The molecule has 0 radical (unpaired) electrons. The lowest BCUT2D eigenvalue weighted by atomic mass is 10.1. The molecular formula is C20H39N7O. The third-order valence-corrected chi connectivity index (χ3v) is 5.21. The largest absolute Gasteiger partial charge is 0.494 e. The predicted molar refractivity (Wildman–Crippen MR) is 115 cm³/mol. The summed E-state index contributed by atoms with van der Waals surface area (Å²) in [5.74, 6) is 0.889. The van der Waals surface area contributed by atoms with E-state index < -0.39 is 0 Å². The molecule has 1 heterocycles. The number of nitrogens with one attached hydrogen (secondary N) is 2. The number of hydrogen-bond donors (Lipinski definition) is 4. The van der Waals surface area contributed by atoms with Crippen LogP contribution in [0.1, 0.15) is 32.0 Å². The van der Waals surface area contributed by atoms with Crippen LogP contribution in [0.5, 0.6) is 5.75 Å². The van der Waals surface area contributed by atoms with Gasteiger partial charge in [-0.25, -0.2) is 10.0 Å². The van der Waals surface area contributed by atoms with Crippen molar-refractivity contribution in [2.45, 2.75) is 32.5 Å². The van der Waals surface area contributed by atoms with E-state index in [1.807, 2.05) is 31.3 Å². The van der Waals surface area contributed by atoms with E-state index in [4.69, 9.17) is 16.2 Å². The van der Waals surface area contributed by atoms with Gasteiger partial charge in [0.15, 0.2) is 0 Å². The topological polar surface area (TPSA) is 95.1 Å². The molecular weight excluding hydrogens is 354 g/mol. The first-order valence-corrected chi connectivity index (χ1v) is 10.4. The second-order valence-corrected chi connectivity index (χ2v) is 7.21. The fraction of sp³-hybridized carbons (Fsp3) is 0.700. The van der Waals surface area contributed by atoms with Crippen molar-refractivity contribution >= 4 is 0 Å². The molecule has 8 heteroatoms. The van der Waals surface area contributed by atoms with Gasteiger partial charge in [0.1, 0.15) is 5.75 Å². The minimum Gasteiger partial charge on any atom is -0.494 e. The van der Waals surface area contributed by atoms with Gasteiger partial charge in [0.2, 0.25) is 0 Å². The zero-order valence-corrected chi connectivity index (χ0v) is 17.7. The van der Waals surface area contributed by atoms with Crippen LogP contribution in [0, 0.1) is 0 Å². The molecule has 2 rings (SSSR count). The fourth-order valence-electron chi connectivity index (χ4n) is 3.59. The van der Waals surface area contributed by atoms with Gasteiger partial charge in [0.25, 0.3) is 0 Å². The average Bonchev–Trinajstić information content (AvgIpc) is 3.12. The summed E-state index contributed by atoms with van der Waals surface area (Å²) in [5.41, 5.74) is 13.2. The lowest BCUT2D eigenvalue weighted by Gasteiger charge is -2.23. The smallest absolute Gasteiger partial charge is 0.119 e.